The molecule has 3 atom stereocenters. The molecule has 2 bridgehead atoms. The van der Waals surface area contributed by atoms with Crippen LogP contribution in [0.4, 0.5) is 0 Å². The fourth-order valence-electron chi connectivity index (χ4n) is 3.38. The van der Waals surface area contributed by atoms with Crippen LogP contribution in [0.1, 0.15) is 32.1 Å². The fraction of sp³-hybridized carbons (Fsp3) is 0.900. The number of amides is 1. The molecule has 3 rings (SSSR count). The SMILES string of the molecule is O=C1C2CCC(C2)C2CCCN12. The van der Waals surface area contributed by atoms with Crippen LogP contribution in [0.15, 0.2) is 0 Å². The predicted molar refractivity (Wildman–Crippen MR) is 45.6 cm³/mol. The van der Waals surface area contributed by atoms with Crippen molar-refractivity contribution in [3.8, 4) is 0 Å². The Balaban J connectivity index is 1.94. The summed E-state index contributed by atoms with van der Waals surface area (Å²) in [7, 11) is 0. The standard InChI is InChI=1S/C10H15NO/c12-10-8-4-3-7(6-8)9-2-1-5-11(9)10/h7-9H,1-6H2. The van der Waals surface area contributed by atoms with Crippen molar-refractivity contribution in [1.82, 2.24) is 4.90 Å². The lowest BCUT2D eigenvalue weighted by atomic mass is 9.90. The van der Waals surface area contributed by atoms with Gasteiger partial charge in [-0.1, -0.05) is 0 Å². The molecule has 0 aromatic rings. The van der Waals surface area contributed by atoms with E-state index in [9.17, 15) is 4.79 Å². The maximum absolute atomic E-state index is 11.8. The Morgan fingerprint density at radius 1 is 1.25 bits per heavy atom. The van der Waals surface area contributed by atoms with Gasteiger partial charge in [-0.2, -0.15) is 0 Å². The number of fused-ring (bicyclic) bond motifs is 4. The molecule has 1 saturated carbocycles. The van der Waals surface area contributed by atoms with Crippen molar-refractivity contribution in [2.24, 2.45) is 11.8 Å². The molecular weight excluding hydrogens is 150 g/mol. The van der Waals surface area contributed by atoms with E-state index in [1.807, 2.05) is 0 Å². The van der Waals surface area contributed by atoms with Crippen LogP contribution < -0.4 is 0 Å². The Morgan fingerprint density at radius 3 is 3.08 bits per heavy atom. The Hall–Kier alpha value is -0.530. The van der Waals surface area contributed by atoms with Gasteiger partial charge in [-0.05, 0) is 38.0 Å². The second kappa shape index (κ2) is 2.24. The molecule has 3 fully saturated rings. The van der Waals surface area contributed by atoms with Gasteiger partial charge in [-0.3, -0.25) is 4.79 Å². The summed E-state index contributed by atoms with van der Waals surface area (Å²) in [5.41, 5.74) is 0. The number of carbonyl (C=O) groups excluding carboxylic acids is 1. The maximum Gasteiger partial charge on any atom is 0.225 e. The van der Waals surface area contributed by atoms with E-state index in [1.54, 1.807) is 0 Å². The van der Waals surface area contributed by atoms with Crippen LogP contribution in [0.25, 0.3) is 0 Å². The van der Waals surface area contributed by atoms with E-state index in [0.717, 1.165) is 12.5 Å². The van der Waals surface area contributed by atoms with E-state index in [-0.39, 0.29) is 0 Å². The summed E-state index contributed by atoms with van der Waals surface area (Å²) in [6, 6.07) is 0.649. The summed E-state index contributed by atoms with van der Waals surface area (Å²) in [5, 5.41) is 0. The van der Waals surface area contributed by atoms with Crippen LogP contribution in [-0.2, 0) is 4.79 Å². The number of carbonyl (C=O) groups is 1. The minimum absolute atomic E-state index is 0.421. The van der Waals surface area contributed by atoms with Gasteiger partial charge >= 0.3 is 0 Å². The van der Waals surface area contributed by atoms with Crippen molar-refractivity contribution in [3.05, 3.63) is 0 Å². The lowest BCUT2D eigenvalue weighted by Gasteiger charge is -2.34. The van der Waals surface area contributed by atoms with Crippen LogP contribution in [0, 0.1) is 11.8 Å². The third-order valence-corrected chi connectivity index (χ3v) is 3.95. The molecule has 2 heterocycles. The predicted octanol–water partition coefficient (Wildman–Crippen LogP) is 1.41. The van der Waals surface area contributed by atoms with E-state index in [1.165, 1.54) is 32.1 Å². The van der Waals surface area contributed by atoms with Crippen molar-refractivity contribution in [2.45, 2.75) is 38.1 Å². The van der Waals surface area contributed by atoms with E-state index in [0.29, 0.717) is 17.9 Å². The number of nitrogens with zero attached hydrogens (tertiary/aromatic N) is 1. The summed E-state index contributed by atoms with van der Waals surface area (Å²) in [6.07, 6.45) is 6.23. The molecule has 3 unspecified atom stereocenters. The molecule has 0 spiro atoms. The topological polar surface area (TPSA) is 20.3 Å². The number of piperidine rings is 1. The van der Waals surface area contributed by atoms with E-state index < -0.39 is 0 Å². The van der Waals surface area contributed by atoms with Crippen LogP contribution in [0.5, 0.6) is 0 Å². The average molecular weight is 165 g/mol. The lowest BCUT2D eigenvalue weighted by Crippen LogP contribution is -2.45. The molecule has 66 valence electrons. The van der Waals surface area contributed by atoms with Gasteiger partial charge in [0.1, 0.15) is 0 Å². The highest BCUT2D eigenvalue weighted by molar-refractivity contribution is 5.81. The minimum atomic E-state index is 0.421. The van der Waals surface area contributed by atoms with Gasteiger partial charge in [0.05, 0.1) is 0 Å². The summed E-state index contributed by atoms with van der Waals surface area (Å²) in [5.74, 6) is 1.77. The second-order valence-corrected chi connectivity index (χ2v) is 4.51. The van der Waals surface area contributed by atoms with Crippen LogP contribution in [0.3, 0.4) is 0 Å². The van der Waals surface area contributed by atoms with Crippen molar-refractivity contribution in [2.75, 3.05) is 6.54 Å². The van der Waals surface area contributed by atoms with Gasteiger partial charge in [-0.15, -0.1) is 0 Å². The molecule has 0 radical (unpaired) electrons. The van der Waals surface area contributed by atoms with E-state index >= 15 is 0 Å². The van der Waals surface area contributed by atoms with Gasteiger partial charge in [-0.25, -0.2) is 0 Å². The molecular formula is C10H15NO. The van der Waals surface area contributed by atoms with Crippen LogP contribution in [0.2, 0.25) is 0 Å². The molecule has 2 aliphatic heterocycles. The molecule has 2 nitrogen and oxygen atoms in total. The second-order valence-electron chi connectivity index (χ2n) is 4.51. The molecule has 2 heteroatoms. The highest BCUT2D eigenvalue weighted by Gasteiger charge is 2.47. The summed E-state index contributed by atoms with van der Waals surface area (Å²) < 4.78 is 0. The zero-order valence-corrected chi connectivity index (χ0v) is 7.33. The quantitative estimate of drug-likeness (QED) is 0.531. The van der Waals surface area contributed by atoms with Gasteiger partial charge in [0.2, 0.25) is 5.91 Å². The lowest BCUT2D eigenvalue weighted by molar-refractivity contribution is -0.139. The Labute approximate surface area is 72.9 Å². The van der Waals surface area contributed by atoms with Gasteiger partial charge in [0.25, 0.3) is 0 Å². The highest BCUT2D eigenvalue weighted by atomic mass is 16.2. The first-order valence-corrected chi connectivity index (χ1v) is 5.17. The molecule has 0 aromatic heterocycles. The molecule has 12 heavy (non-hydrogen) atoms. The van der Waals surface area contributed by atoms with E-state index in [4.69, 9.17) is 0 Å². The van der Waals surface area contributed by atoms with Crippen LogP contribution >= 0.6 is 0 Å². The molecule has 3 aliphatic rings. The third-order valence-electron chi connectivity index (χ3n) is 3.95. The highest BCUT2D eigenvalue weighted by Crippen LogP contribution is 2.44. The fourth-order valence-corrected chi connectivity index (χ4v) is 3.38. The number of hydrogen-bond acceptors (Lipinski definition) is 1. The van der Waals surface area contributed by atoms with Gasteiger partial charge in [0, 0.05) is 18.5 Å². The van der Waals surface area contributed by atoms with Crippen molar-refractivity contribution >= 4 is 5.91 Å². The largest absolute Gasteiger partial charge is 0.339 e. The molecule has 1 aliphatic carbocycles. The number of rotatable bonds is 0. The third kappa shape index (κ3) is 0.732. The Morgan fingerprint density at radius 2 is 2.17 bits per heavy atom. The zero-order chi connectivity index (χ0) is 8.13. The van der Waals surface area contributed by atoms with Crippen molar-refractivity contribution < 1.29 is 4.79 Å². The first-order valence-electron chi connectivity index (χ1n) is 5.17. The molecule has 2 saturated heterocycles. The first-order chi connectivity index (χ1) is 5.86. The zero-order valence-electron chi connectivity index (χ0n) is 7.33. The van der Waals surface area contributed by atoms with E-state index in [2.05, 4.69) is 4.90 Å². The maximum atomic E-state index is 11.8. The number of hydrogen-bond donors (Lipinski definition) is 0. The smallest absolute Gasteiger partial charge is 0.225 e. The Kier molecular flexibility index (Phi) is 1.29. The monoisotopic (exact) mass is 165 g/mol. The normalized spacial score (nSPS) is 45.2. The molecule has 1 amide bonds. The van der Waals surface area contributed by atoms with Crippen LogP contribution in [-0.4, -0.2) is 23.4 Å². The minimum Gasteiger partial charge on any atom is -0.339 e. The molecule has 0 aromatic carbocycles. The van der Waals surface area contributed by atoms with Crippen molar-refractivity contribution in [3.63, 3.8) is 0 Å². The molecule has 0 N–H and O–H groups in total. The summed E-state index contributed by atoms with van der Waals surface area (Å²) in [6.45, 7) is 1.05. The average Bonchev–Trinajstić information content (AvgIpc) is 2.69. The van der Waals surface area contributed by atoms with Crippen molar-refractivity contribution in [1.29, 1.82) is 0 Å². The van der Waals surface area contributed by atoms with Gasteiger partial charge < -0.3 is 4.90 Å². The Bertz CT molecular complexity index is 226. The summed E-state index contributed by atoms with van der Waals surface area (Å²) >= 11 is 0. The summed E-state index contributed by atoms with van der Waals surface area (Å²) in [4.78, 5) is 14.0. The van der Waals surface area contributed by atoms with Gasteiger partial charge in [0.15, 0.2) is 0 Å². The first kappa shape index (κ1) is 6.93.